The zero-order chi connectivity index (χ0) is 19.5. The molecular weight excluding hydrogens is 336 g/mol. The molecule has 0 unspecified atom stereocenters. The van der Waals surface area contributed by atoms with E-state index in [-0.39, 0.29) is 22.7 Å². The van der Waals surface area contributed by atoms with Crippen LogP contribution in [0.15, 0.2) is 36.5 Å². The minimum atomic E-state index is -0.605. The van der Waals surface area contributed by atoms with Gasteiger partial charge in [0.15, 0.2) is 0 Å². The first-order valence-electron chi connectivity index (χ1n) is 7.92. The second kappa shape index (κ2) is 7.30. The third kappa shape index (κ3) is 4.85. The molecule has 0 spiro atoms. The van der Waals surface area contributed by atoms with Crippen molar-refractivity contribution < 1.29 is 14.5 Å². The van der Waals surface area contributed by atoms with E-state index in [9.17, 15) is 19.7 Å². The zero-order valence-corrected chi connectivity index (χ0v) is 15.0. The van der Waals surface area contributed by atoms with E-state index in [1.165, 1.54) is 6.07 Å². The molecule has 8 nitrogen and oxygen atoms in total. The van der Waals surface area contributed by atoms with Gasteiger partial charge in [0.05, 0.1) is 16.2 Å². The fourth-order valence-corrected chi connectivity index (χ4v) is 2.17. The van der Waals surface area contributed by atoms with Crippen LogP contribution < -0.4 is 10.6 Å². The number of aryl methyl sites for hydroxylation is 1. The van der Waals surface area contributed by atoms with Gasteiger partial charge in [0.25, 0.3) is 17.5 Å². The highest BCUT2D eigenvalue weighted by atomic mass is 16.6. The second-order valence-corrected chi connectivity index (χ2v) is 6.82. The van der Waals surface area contributed by atoms with Crippen LogP contribution in [0.4, 0.5) is 11.4 Å². The first kappa shape index (κ1) is 19.0. The Kier molecular flexibility index (Phi) is 5.35. The molecule has 8 heteroatoms. The number of nitrogens with zero attached hydrogens (tertiary/aromatic N) is 2. The van der Waals surface area contributed by atoms with Crippen molar-refractivity contribution >= 4 is 23.2 Å². The lowest BCUT2D eigenvalue weighted by atomic mass is 10.1. The molecule has 0 radical (unpaired) electrons. The van der Waals surface area contributed by atoms with Gasteiger partial charge in [-0.2, -0.15) is 0 Å². The molecule has 2 N–H and O–H groups in total. The summed E-state index contributed by atoms with van der Waals surface area (Å²) in [7, 11) is 0. The van der Waals surface area contributed by atoms with Gasteiger partial charge < -0.3 is 10.6 Å². The molecule has 1 aromatic carbocycles. The van der Waals surface area contributed by atoms with Crippen LogP contribution in [0.2, 0.25) is 0 Å². The van der Waals surface area contributed by atoms with E-state index >= 15 is 0 Å². The normalized spacial score (nSPS) is 10.9. The lowest BCUT2D eigenvalue weighted by molar-refractivity contribution is -0.385. The lowest BCUT2D eigenvalue weighted by Crippen LogP contribution is -2.40. The van der Waals surface area contributed by atoms with E-state index in [1.807, 2.05) is 20.8 Å². The Bertz CT molecular complexity index is 854. The molecule has 136 valence electrons. The van der Waals surface area contributed by atoms with Crippen molar-refractivity contribution in [3.05, 3.63) is 63.5 Å². The van der Waals surface area contributed by atoms with Crippen molar-refractivity contribution in [3.8, 4) is 0 Å². The molecule has 0 aliphatic carbocycles. The molecule has 0 fully saturated rings. The average molecular weight is 356 g/mol. The SMILES string of the molecule is Cc1ncc([N+](=O)[O-])cc1C(=O)Nc1ccc(C(=O)NC(C)(C)C)cc1. The molecule has 0 aliphatic rings. The highest BCUT2D eigenvalue weighted by Gasteiger charge is 2.17. The van der Waals surface area contributed by atoms with Crippen LogP contribution in [-0.2, 0) is 0 Å². The van der Waals surface area contributed by atoms with Crippen LogP contribution in [0.25, 0.3) is 0 Å². The van der Waals surface area contributed by atoms with Crippen molar-refractivity contribution in [2.75, 3.05) is 5.32 Å². The molecule has 1 aromatic heterocycles. The standard InChI is InChI=1S/C18H20N4O4/c1-11-15(9-14(10-19-11)22(25)26)17(24)20-13-7-5-12(6-8-13)16(23)21-18(2,3)4/h5-10H,1-4H3,(H,20,24)(H,21,23). The topological polar surface area (TPSA) is 114 Å². The lowest BCUT2D eigenvalue weighted by Gasteiger charge is -2.20. The molecule has 2 amide bonds. The number of carbonyl (C=O) groups is 2. The Morgan fingerprint density at radius 3 is 2.27 bits per heavy atom. The quantitative estimate of drug-likeness (QED) is 0.645. The summed E-state index contributed by atoms with van der Waals surface area (Å²) in [5.41, 5.74) is 0.827. The van der Waals surface area contributed by atoms with Crippen molar-refractivity contribution in [3.63, 3.8) is 0 Å². The van der Waals surface area contributed by atoms with Crippen LogP contribution in [0.3, 0.4) is 0 Å². The number of nitro groups is 1. The summed E-state index contributed by atoms with van der Waals surface area (Å²) < 4.78 is 0. The maximum atomic E-state index is 12.4. The molecule has 0 atom stereocenters. The van der Waals surface area contributed by atoms with Crippen molar-refractivity contribution in [1.82, 2.24) is 10.3 Å². The Balaban J connectivity index is 2.14. The molecule has 0 aliphatic heterocycles. The summed E-state index contributed by atoms with van der Waals surface area (Å²) in [5, 5.41) is 16.3. The monoisotopic (exact) mass is 356 g/mol. The Morgan fingerprint density at radius 2 is 1.73 bits per heavy atom. The smallest absolute Gasteiger partial charge is 0.288 e. The van der Waals surface area contributed by atoms with Gasteiger partial charge in [-0.05, 0) is 52.0 Å². The molecule has 0 saturated carbocycles. The van der Waals surface area contributed by atoms with Gasteiger partial charge in [0, 0.05) is 22.9 Å². The van der Waals surface area contributed by atoms with Crippen molar-refractivity contribution in [2.24, 2.45) is 0 Å². The van der Waals surface area contributed by atoms with Crippen LogP contribution in [0.5, 0.6) is 0 Å². The number of benzene rings is 1. The molecule has 26 heavy (non-hydrogen) atoms. The maximum Gasteiger partial charge on any atom is 0.288 e. The third-order valence-electron chi connectivity index (χ3n) is 3.42. The molecule has 0 saturated heterocycles. The number of carbonyl (C=O) groups excluding carboxylic acids is 2. The summed E-state index contributed by atoms with van der Waals surface area (Å²) in [6.07, 6.45) is 1.11. The van der Waals surface area contributed by atoms with E-state index in [0.717, 1.165) is 6.20 Å². The molecule has 0 bridgehead atoms. The van der Waals surface area contributed by atoms with Crippen LogP contribution >= 0.6 is 0 Å². The molecular formula is C18H20N4O4. The number of nitrogens with one attached hydrogen (secondary N) is 2. The van der Waals surface area contributed by atoms with E-state index in [2.05, 4.69) is 15.6 Å². The summed E-state index contributed by atoms with van der Waals surface area (Å²) in [4.78, 5) is 38.6. The maximum absolute atomic E-state index is 12.4. The van der Waals surface area contributed by atoms with Crippen LogP contribution in [0.1, 0.15) is 47.2 Å². The summed E-state index contributed by atoms with van der Waals surface area (Å²) >= 11 is 0. The third-order valence-corrected chi connectivity index (χ3v) is 3.42. The predicted octanol–water partition coefficient (Wildman–Crippen LogP) is 3.08. The fraction of sp³-hybridized carbons (Fsp3) is 0.278. The number of pyridine rings is 1. The number of rotatable bonds is 4. The average Bonchev–Trinajstić information content (AvgIpc) is 2.54. The summed E-state index contributed by atoms with van der Waals surface area (Å²) in [6, 6.07) is 7.55. The Morgan fingerprint density at radius 1 is 1.12 bits per heavy atom. The van der Waals surface area contributed by atoms with E-state index in [1.54, 1.807) is 31.2 Å². The zero-order valence-electron chi connectivity index (χ0n) is 15.0. The highest BCUT2D eigenvalue weighted by molar-refractivity contribution is 6.05. The summed E-state index contributed by atoms with van der Waals surface area (Å²) in [6.45, 7) is 7.25. The van der Waals surface area contributed by atoms with Crippen molar-refractivity contribution in [2.45, 2.75) is 33.2 Å². The largest absolute Gasteiger partial charge is 0.347 e. The number of hydrogen-bond acceptors (Lipinski definition) is 5. The number of hydrogen-bond donors (Lipinski definition) is 2. The number of anilines is 1. The minimum Gasteiger partial charge on any atom is -0.347 e. The van der Waals surface area contributed by atoms with Crippen molar-refractivity contribution in [1.29, 1.82) is 0 Å². The Hall–Kier alpha value is -3.29. The van der Waals surface area contributed by atoms with Gasteiger partial charge in [-0.25, -0.2) is 0 Å². The van der Waals surface area contributed by atoms with Crippen LogP contribution in [0, 0.1) is 17.0 Å². The van der Waals surface area contributed by atoms with Gasteiger partial charge in [0.1, 0.15) is 6.20 Å². The van der Waals surface area contributed by atoms with E-state index < -0.39 is 10.8 Å². The first-order valence-corrected chi connectivity index (χ1v) is 7.92. The van der Waals surface area contributed by atoms with E-state index in [4.69, 9.17) is 0 Å². The van der Waals surface area contributed by atoms with Gasteiger partial charge in [-0.3, -0.25) is 24.7 Å². The fourth-order valence-electron chi connectivity index (χ4n) is 2.17. The second-order valence-electron chi connectivity index (χ2n) is 6.82. The van der Waals surface area contributed by atoms with E-state index in [0.29, 0.717) is 16.9 Å². The van der Waals surface area contributed by atoms with Gasteiger partial charge >= 0.3 is 0 Å². The molecule has 2 aromatic rings. The predicted molar refractivity (Wildman–Crippen MR) is 97.2 cm³/mol. The molecule has 1 heterocycles. The van der Waals surface area contributed by atoms with Gasteiger partial charge in [0.2, 0.25) is 0 Å². The summed E-state index contributed by atoms with van der Waals surface area (Å²) in [5.74, 6) is -0.723. The Labute approximate surface area is 150 Å². The van der Waals surface area contributed by atoms with Gasteiger partial charge in [-0.1, -0.05) is 0 Å². The number of aromatic nitrogens is 1. The minimum absolute atomic E-state index is 0.119. The van der Waals surface area contributed by atoms with Gasteiger partial charge in [-0.15, -0.1) is 0 Å². The molecule has 2 rings (SSSR count). The van der Waals surface area contributed by atoms with Crippen LogP contribution in [-0.4, -0.2) is 27.3 Å². The number of amides is 2. The first-order chi connectivity index (χ1) is 12.1. The highest BCUT2D eigenvalue weighted by Crippen LogP contribution is 2.17.